The Kier molecular flexibility index (Phi) is 10.8. The Bertz CT molecular complexity index is 1400. The second-order valence-corrected chi connectivity index (χ2v) is 11.9. The number of halogens is 2. The van der Waals surface area contributed by atoms with E-state index in [9.17, 15) is 18.0 Å². The molecule has 0 aliphatic rings. The molecule has 39 heavy (non-hydrogen) atoms. The monoisotopic (exact) mass is 589 g/mol. The summed E-state index contributed by atoms with van der Waals surface area (Å²) >= 11 is 12.4. The minimum absolute atomic E-state index is 0.00998. The Labute approximate surface area is 240 Å². The second-order valence-electron chi connectivity index (χ2n) is 9.24. The standard InChI is InChI=1S/C29H33Cl2N3O4S/c1-4-5-17-32-29(36)22(3)33(19-23-10-6-7-12-27(23)31)28(35)20-34(25-11-8-9-21(2)18-25)39(37,38)26-15-13-24(30)14-16-26/h6-16,18,22H,4-5,17,19-20H2,1-3H3,(H,32,36)/t22-/m1/s1. The summed E-state index contributed by atoms with van der Waals surface area (Å²) in [5, 5.41) is 3.70. The lowest BCUT2D eigenvalue weighted by molar-refractivity contribution is -0.139. The number of sulfonamides is 1. The molecule has 7 nitrogen and oxygen atoms in total. The van der Waals surface area contributed by atoms with Gasteiger partial charge in [-0.05, 0) is 73.9 Å². The van der Waals surface area contributed by atoms with E-state index in [1.54, 1.807) is 49.4 Å². The zero-order chi connectivity index (χ0) is 28.6. The number of hydrogen-bond acceptors (Lipinski definition) is 4. The SMILES string of the molecule is CCCCNC(=O)[C@@H](C)N(Cc1ccccc1Cl)C(=O)CN(c1cccc(C)c1)S(=O)(=O)c1ccc(Cl)cc1. The highest BCUT2D eigenvalue weighted by molar-refractivity contribution is 7.92. The van der Waals surface area contributed by atoms with Crippen molar-refractivity contribution in [2.45, 2.75) is 51.1 Å². The van der Waals surface area contributed by atoms with Crippen LogP contribution in [0, 0.1) is 6.92 Å². The number of hydrogen-bond donors (Lipinski definition) is 1. The van der Waals surface area contributed by atoms with Gasteiger partial charge in [0.15, 0.2) is 0 Å². The number of anilines is 1. The highest BCUT2D eigenvalue weighted by Crippen LogP contribution is 2.27. The first-order chi connectivity index (χ1) is 18.5. The zero-order valence-corrected chi connectivity index (χ0v) is 24.6. The lowest BCUT2D eigenvalue weighted by Gasteiger charge is -2.32. The maximum Gasteiger partial charge on any atom is 0.264 e. The van der Waals surface area contributed by atoms with Gasteiger partial charge >= 0.3 is 0 Å². The average molecular weight is 591 g/mol. The van der Waals surface area contributed by atoms with Crippen molar-refractivity contribution in [1.29, 1.82) is 0 Å². The second kappa shape index (κ2) is 13.8. The number of benzene rings is 3. The van der Waals surface area contributed by atoms with Crippen molar-refractivity contribution in [1.82, 2.24) is 10.2 Å². The Hall–Kier alpha value is -3.07. The fourth-order valence-electron chi connectivity index (χ4n) is 3.97. The Morgan fingerprint density at radius 2 is 1.67 bits per heavy atom. The molecule has 0 aliphatic carbocycles. The lowest BCUT2D eigenvalue weighted by atomic mass is 10.1. The minimum atomic E-state index is -4.16. The van der Waals surface area contributed by atoms with E-state index >= 15 is 0 Å². The first-order valence-corrected chi connectivity index (χ1v) is 14.9. The van der Waals surface area contributed by atoms with E-state index < -0.39 is 28.5 Å². The number of aryl methyl sites for hydroxylation is 1. The van der Waals surface area contributed by atoms with Crippen LogP contribution in [0.4, 0.5) is 5.69 Å². The van der Waals surface area contributed by atoms with Crippen molar-refractivity contribution in [3.05, 3.63) is 94.0 Å². The van der Waals surface area contributed by atoms with Crippen molar-refractivity contribution >= 4 is 50.7 Å². The summed E-state index contributed by atoms with van der Waals surface area (Å²) in [4.78, 5) is 28.3. The van der Waals surface area contributed by atoms with Crippen LogP contribution in [0.5, 0.6) is 0 Å². The summed E-state index contributed by atoms with van der Waals surface area (Å²) < 4.78 is 28.7. The van der Waals surface area contributed by atoms with Crippen LogP contribution >= 0.6 is 23.2 Å². The molecule has 0 unspecified atom stereocenters. The molecule has 0 fully saturated rings. The van der Waals surface area contributed by atoms with Crippen molar-refractivity contribution in [3.63, 3.8) is 0 Å². The van der Waals surface area contributed by atoms with Gasteiger partial charge in [-0.3, -0.25) is 13.9 Å². The zero-order valence-electron chi connectivity index (χ0n) is 22.2. The largest absolute Gasteiger partial charge is 0.354 e. The smallest absolute Gasteiger partial charge is 0.264 e. The van der Waals surface area contributed by atoms with Crippen LogP contribution in [0.3, 0.4) is 0 Å². The van der Waals surface area contributed by atoms with E-state index in [0.29, 0.717) is 27.8 Å². The van der Waals surface area contributed by atoms with Gasteiger partial charge in [-0.25, -0.2) is 8.42 Å². The molecule has 0 bridgehead atoms. The number of rotatable bonds is 12. The number of carbonyl (C=O) groups is 2. The van der Waals surface area contributed by atoms with E-state index in [-0.39, 0.29) is 17.3 Å². The summed E-state index contributed by atoms with van der Waals surface area (Å²) in [7, 11) is -4.16. The molecule has 3 rings (SSSR count). The van der Waals surface area contributed by atoms with E-state index in [1.165, 1.54) is 29.2 Å². The van der Waals surface area contributed by atoms with Crippen LogP contribution in [0.25, 0.3) is 0 Å². The molecule has 3 aromatic carbocycles. The molecule has 0 saturated carbocycles. The first kappa shape index (κ1) is 30.5. The highest BCUT2D eigenvalue weighted by Gasteiger charge is 2.32. The van der Waals surface area contributed by atoms with Crippen molar-refractivity contribution in [3.8, 4) is 0 Å². The van der Waals surface area contributed by atoms with Crippen molar-refractivity contribution < 1.29 is 18.0 Å². The van der Waals surface area contributed by atoms with Gasteiger partial charge in [-0.1, -0.05) is 66.9 Å². The summed E-state index contributed by atoms with van der Waals surface area (Å²) in [5.74, 6) is -0.876. The molecule has 0 radical (unpaired) electrons. The summed E-state index contributed by atoms with van der Waals surface area (Å²) in [6, 6.07) is 18.8. The third-order valence-electron chi connectivity index (χ3n) is 6.27. The van der Waals surface area contributed by atoms with Gasteiger partial charge < -0.3 is 10.2 Å². The van der Waals surface area contributed by atoms with E-state index in [2.05, 4.69) is 5.32 Å². The highest BCUT2D eigenvalue weighted by atomic mass is 35.5. The van der Waals surface area contributed by atoms with Gasteiger partial charge in [0, 0.05) is 23.1 Å². The number of amides is 2. The maximum absolute atomic E-state index is 13.9. The number of carbonyl (C=O) groups excluding carboxylic acids is 2. The molecule has 0 saturated heterocycles. The third kappa shape index (κ3) is 7.97. The van der Waals surface area contributed by atoms with E-state index in [4.69, 9.17) is 23.2 Å². The lowest BCUT2D eigenvalue weighted by Crippen LogP contribution is -2.51. The summed E-state index contributed by atoms with van der Waals surface area (Å²) in [6.45, 7) is 5.47. The quantitative estimate of drug-likeness (QED) is 0.269. The summed E-state index contributed by atoms with van der Waals surface area (Å²) in [5.41, 5.74) is 1.80. The number of nitrogens with zero attached hydrogens (tertiary/aromatic N) is 2. The first-order valence-electron chi connectivity index (χ1n) is 12.7. The van der Waals surface area contributed by atoms with Gasteiger partial charge in [-0.15, -0.1) is 0 Å². The van der Waals surface area contributed by atoms with Crippen LogP contribution in [-0.2, 0) is 26.2 Å². The average Bonchev–Trinajstić information content (AvgIpc) is 2.91. The van der Waals surface area contributed by atoms with E-state index in [0.717, 1.165) is 22.7 Å². The normalized spacial score (nSPS) is 12.0. The van der Waals surface area contributed by atoms with Gasteiger partial charge in [-0.2, -0.15) is 0 Å². The molecule has 208 valence electrons. The minimum Gasteiger partial charge on any atom is -0.354 e. The number of unbranched alkanes of at least 4 members (excludes halogenated alkanes) is 1. The van der Waals surface area contributed by atoms with Gasteiger partial charge in [0.05, 0.1) is 10.6 Å². The molecular formula is C29H33Cl2N3O4S. The Morgan fingerprint density at radius 3 is 2.31 bits per heavy atom. The van der Waals surface area contributed by atoms with Gasteiger partial charge in [0.25, 0.3) is 10.0 Å². The molecule has 3 aromatic rings. The molecular weight excluding hydrogens is 557 g/mol. The predicted octanol–water partition coefficient (Wildman–Crippen LogP) is 5.83. The van der Waals surface area contributed by atoms with E-state index in [1.807, 2.05) is 19.9 Å². The van der Waals surface area contributed by atoms with Crippen LogP contribution in [0.15, 0.2) is 77.7 Å². The molecule has 2 amide bonds. The maximum atomic E-state index is 13.9. The van der Waals surface area contributed by atoms with Crippen LogP contribution in [-0.4, -0.2) is 44.3 Å². The third-order valence-corrected chi connectivity index (χ3v) is 8.67. The molecule has 1 atom stereocenters. The molecule has 0 heterocycles. The fourth-order valence-corrected chi connectivity index (χ4v) is 5.70. The predicted molar refractivity (Wildman–Crippen MR) is 157 cm³/mol. The van der Waals surface area contributed by atoms with Crippen LogP contribution < -0.4 is 9.62 Å². The molecule has 10 heteroatoms. The van der Waals surface area contributed by atoms with Crippen LogP contribution in [0.1, 0.15) is 37.8 Å². The van der Waals surface area contributed by atoms with Gasteiger partial charge in [0.1, 0.15) is 12.6 Å². The van der Waals surface area contributed by atoms with Gasteiger partial charge in [0.2, 0.25) is 11.8 Å². The Morgan fingerprint density at radius 1 is 0.974 bits per heavy atom. The fraction of sp³-hybridized carbons (Fsp3) is 0.310. The molecule has 0 aromatic heterocycles. The molecule has 0 spiro atoms. The molecule has 1 N–H and O–H groups in total. The number of nitrogens with one attached hydrogen (secondary N) is 1. The van der Waals surface area contributed by atoms with Crippen molar-refractivity contribution in [2.75, 3.05) is 17.4 Å². The Balaban J connectivity index is 2.01. The summed E-state index contributed by atoms with van der Waals surface area (Å²) in [6.07, 6.45) is 1.71. The molecule has 0 aliphatic heterocycles. The topological polar surface area (TPSA) is 86.8 Å². The van der Waals surface area contributed by atoms with Crippen LogP contribution in [0.2, 0.25) is 10.0 Å². The van der Waals surface area contributed by atoms with Crippen molar-refractivity contribution in [2.24, 2.45) is 0 Å².